The second kappa shape index (κ2) is 8.32. The van der Waals surface area contributed by atoms with E-state index in [1.54, 1.807) is 12.1 Å². The molecule has 2 aromatic heterocycles. The smallest absolute Gasteiger partial charge is 0.337 e. The van der Waals surface area contributed by atoms with Crippen LogP contribution >= 0.6 is 0 Å². The topological polar surface area (TPSA) is 75.1 Å². The predicted octanol–water partition coefficient (Wildman–Crippen LogP) is 6.66. The fraction of sp³-hybridized carbons (Fsp3) is 0.250. The summed E-state index contributed by atoms with van der Waals surface area (Å²) in [5.41, 5.74) is 8.43. The summed E-state index contributed by atoms with van der Waals surface area (Å²) in [6.45, 7) is 6.18. The summed E-state index contributed by atoms with van der Waals surface area (Å²) in [5, 5.41) is 14.1. The van der Waals surface area contributed by atoms with Crippen LogP contribution in [0.15, 0.2) is 60.8 Å². The lowest BCUT2D eigenvalue weighted by Gasteiger charge is -2.20. The van der Waals surface area contributed by atoms with Gasteiger partial charge in [-0.15, -0.1) is 0 Å². The van der Waals surface area contributed by atoms with E-state index in [-0.39, 0.29) is 11.6 Å². The van der Waals surface area contributed by atoms with Crippen molar-refractivity contribution in [2.24, 2.45) is 0 Å². The minimum absolute atomic E-state index is 0.107. The molecule has 0 unspecified atom stereocenters. The summed E-state index contributed by atoms with van der Waals surface area (Å²) in [7, 11) is 0. The SMILES string of the molecule is Cc1cc([C@H](C)Nc2ccccc2C(=O)O)c2cc(-c3ccnc(C4CC4)c3)c(C)nc2c1. The van der Waals surface area contributed by atoms with E-state index in [4.69, 9.17) is 4.98 Å². The van der Waals surface area contributed by atoms with Gasteiger partial charge >= 0.3 is 5.97 Å². The van der Waals surface area contributed by atoms with Gasteiger partial charge in [0.2, 0.25) is 0 Å². The van der Waals surface area contributed by atoms with Gasteiger partial charge in [-0.2, -0.15) is 0 Å². The number of nitrogens with one attached hydrogen (secondary N) is 1. The molecule has 0 amide bonds. The number of nitrogens with zero attached hydrogens (tertiary/aromatic N) is 2. The summed E-state index contributed by atoms with van der Waals surface area (Å²) < 4.78 is 0. The average Bonchev–Trinajstić information content (AvgIpc) is 3.64. The largest absolute Gasteiger partial charge is 0.478 e. The van der Waals surface area contributed by atoms with Crippen LogP contribution < -0.4 is 5.32 Å². The zero-order chi connectivity index (χ0) is 23.1. The Morgan fingerprint density at radius 2 is 1.88 bits per heavy atom. The fourth-order valence-corrected chi connectivity index (χ4v) is 4.52. The minimum atomic E-state index is -0.942. The maximum atomic E-state index is 11.7. The number of benzene rings is 2. The van der Waals surface area contributed by atoms with Gasteiger partial charge in [-0.25, -0.2) is 4.79 Å². The molecule has 0 radical (unpaired) electrons. The zero-order valence-electron chi connectivity index (χ0n) is 19.1. The Morgan fingerprint density at radius 3 is 2.64 bits per heavy atom. The number of hydrogen-bond acceptors (Lipinski definition) is 4. The molecule has 1 aliphatic carbocycles. The van der Waals surface area contributed by atoms with Crippen LogP contribution in [0.25, 0.3) is 22.0 Å². The zero-order valence-corrected chi connectivity index (χ0v) is 19.1. The minimum Gasteiger partial charge on any atom is -0.478 e. The lowest BCUT2D eigenvalue weighted by atomic mass is 9.95. The van der Waals surface area contributed by atoms with Crippen LogP contribution in [0.4, 0.5) is 5.69 Å². The maximum Gasteiger partial charge on any atom is 0.337 e. The highest BCUT2D eigenvalue weighted by atomic mass is 16.4. The number of aromatic nitrogens is 2. The first-order valence-corrected chi connectivity index (χ1v) is 11.4. The molecule has 2 N–H and O–H groups in total. The van der Waals surface area contributed by atoms with Crippen molar-refractivity contribution in [3.63, 3.8) is 0 Å². The quantitative estimate of drug-likeness (QED) is 0.353. The molecule has 2 heterocycles. The Hall–Kier alpha value is -3.73. The number of rotatable bonds is 6. The van der Waals surface area contributed by atoms with Gasteiger partial charge in [0.1, 0.15) is 0 Å². The average molecular weight is 438 g/mol. The normalized spacial score (nSPS) is 14.3. The fourth-order valence-electron chi connectivity index (χ4n) is 4.52. The van der Waals surface area contributed by atoms with E-state index in [0.717, 1.165) is 44.5 Å². The van der Waals surface area contributed by atoms with Crippen LogP contribution in [0.1, 0.15) is 64.6 Å². The first-order valence-electron chi connectivity index (χ1n) is 11.4. The van der Waals surface area contributed by atoms with E-state index in [1.807, 2.05) is 18.3 Å². The van der Waals surface area contributed by atoms with Crippen LogP contribution in [0.3, 0.4) is 0 Å². The lowest BCUT2D eigenvalue weighted by Crippen LogP contribution is -2.11. The third-order valence-corrected chi connectivity index (χ3v) is 6.38. The number of carboxylic acids is 1. The van der Waals surface area contributed by atoms with Gasteiger partial charge in [0.25, 0.3) is 0 Å². The number of hydrogen-bond donors (Lipinski definition) is 2. The molecule has 1 aliphatic rings. The Balaban J connectivity index is 1.60. The highest BCUT2D eigenvalue weighted by Gasteiger charge is 2.25. The molecule has 0 aliphatic heterocycles. The molecule has 5 nitrogen and oxygen atoms in total. The van der Waals surface area contributed by atoms with E-state index in [0.29, 0.717) is 11.6 Å². The number of aryl methyl sites for hydroxylation is 2. The molecule has 5 heteroatoms. The molecular weight excluding hydrogens is 410 g/mol. The maximum absolute atomic E-state index is 11.7. The number of fused-ring (bicyclic) bond motifs is 1. The van der Waals surface area contributed by atoms with E-state index in [1.165, 1.54) is 12.8 Å². The van der Waals surface area contributed by atoms with Crippen LogP contribution in [-0.2, 0) is 0 Å². The Labute approximate surface area is 193 Å². The number of pyridine rings is 2. The Morgan fingerprint density at radius 1 is 1.09 bits per heavy atom. The second-order valence-electron chi connectivity index (χ2n) is 9.00. The molecule has 2 aromatic carbocycles. The van der Waals surface area contributed by atoms with Crippen molar-refractivity contribution < 1.29 is 9.90 Å². The van der Waals surface area contributed by atoms with E-state index >= 15 is 0 Å². The van der Waals surface area contributed by atoms with Crippen molar-refractivity contribution in [3.05, 3.63) is 88.9 Å². The summed E-state index contributed by atoms with van der Waals surface area (Å²) in [4.78, 5) is 21.2. The summed E-state index contributed by atoms with van der Waals surface area (Å²) in [5.74, 6) is -0.349. The molecule has 1 saturated carbocycles. The van der Waals surface area contributed by atoms with Crippen LogP contribution in [-0.4, -0.2) is 21.0 Å². The van der Waals surface area contributed by atoms with Crippen LogP contribution in [0, 0.1) is 13.8 Å². The monoisotopic (exact) mass is 437 g/mol. The first-order chi connectivity index (χ1) is 15.9. The van der Waals surface area contributed by atoms with Gasteiger partial charge in [-0.1, -0.05) is 18.2 Å². The molecule has 4 aromatic rings. The van der Waals surface area contributed by atoms with Gasteiger partial charge < -0.3 is 10.4 Å². The molecular formula is C28H27N3O2. The van der Waals surface area contributed by atoms with Crippen molar-refractivity contribution in [2.45, 2.75) is 45.6 Å². The van der Waals surface area contributed by atoms with Gasteiger partial charge in [-0.3, -0.25) is 9.97 Å². The Kier molecular flexibility index (Phi) is 5.33. The third kappa shape index (κ3) is 4.19. The molecule has 166 valence electrons. The lowest BCUT2D eigenvalue weighted by molar-refractivity contribution is 0.0698. The number of carboxylic acid groups (broad SMARTS) is 1. The molecule has 0 bridgehead atoms. The van der Waals surface area contributed by atoms with Gasteiger partial charge in [0.15, 0.2) is 0 Å². The second-order valence-corrected chi connectivity index (χ2v) is 9.00. The number of para-hydroxylation sites is 1. The number of carbonyl (C=O) groups is 1. The van der Waals surface area contributed by atoms with Crippen molar-refractivity contribution >= 4 is 22.6 Å². The van der Waals surface area contributed by atoms with Crippen molar-refractivity contribution in [1.82, 2.24) is 9.97 Å². The van der Waals surface area contributed by atoms with E-state index in [9.17, 15) is 9.90 Å². The molecule has 33 heavy (non-hydrogen) atoms. The van der Waals surface area contributed by atoms with Gasteiger partial charge in [0.05, 0.1) is 11.1 Å². The predicted molar refractivity (Wildman–Crippen MR) is 132 cm³/mol. The summed E-state index contributed by atoms with van der Waals surface area (Å²) >= 11 is 0. The van der Waals surface area contributed by atoms with Crippen LogP contribution in [0.2, 0.25) is 0 Å². The summed E-state index contributed by atoms with van der Waals surface area (Å²) in [6, 6.07) is 17.7. The summed E-state index contributed by atoms with van der Waals surface area (Å²) in [6.07, 6.45) is 4.33. The molecule has 0 spiro atoms. The highest BCUT2D eigenvalue weighted by Crippen LogP contribution is 2.40. The molecule has 1 atom stereocenters. The third-order valence-electron chi connectivity index (χ3n) is 6.38. The van der Waals surface area contributed by atoms with E-state index in [2.05, 4.69) is 61.4 Å². The molecule has 5 rings (SSSR count). The standard InChI is InChI=1S/C28H27N3O2/c1-16-12-23(18(3)30-25-7-5-4-6-21(25)28(32)33)24-15-22(17(2)31-27(24)13-16)20-10-11-29-26(14-20)19-8-9-19/h4-7,10-15,18-19,30H,8-9H2,1-3H3,(H,32,33)/t18-/m0/s1. The molecule has 1 fully saturated rings. The van der Waals surface area contributed by atoms with Crippen LogP contribution in [0.5, 0.6) is 0 Å². The molecule has 0 saturated heterocycles. The first kappa shape index (κ1) is 21.1. The van der Waals surface area contributed by atoms with Gasteiger partial charge in [0, 0.05) is 46.2 Å². The van der Waals surface area contributed by atoms with Crippen molar-refractivity contribution in [3.8, 4) is 11.1 Å². The Bertz CT molecular complexity index is 1380. The number of anilines is 1. The highest BCUT2D eigenvalue weighted by molar-refractivity contribution is 5.94. The number of aromatic carboxylic acids is 1. The van der Waals surface area contributed by atoms with Crippen molar-refractivity contribution in [1.29, 1.82) is 0 Å². The van der Waals surface area contributed by atoms with E-state index < -0.39 is 5.97 Å². The van der Waals surface area contributed by atoms with Gasteiger partial charge in [-0.05, 0) is 86.7 Å². The van der Waals surface area contributed by atoms with Crippen molar-refractivity contribution in [2.75, 3.05) is 5.32 Å².